The van der Waals surface area contributed by atoms with Crippen molar-refractivity contribution in [3.05, 3.63) is 65.4 Å². The van der Waals surface area contributed by atoms with Crippen molar-refractivity contribution >= 4 is 27.8 Å². The number of benzene rings is 1. The molecule has 0 fully saturated rings. The fourth-order valence-electron chi connectivity index (χ4n) is 2.62. The van der Waals surface area contributed by atoms with Gasteiger partial charge in [-0.15, -0.1) is 10.2 Å². The molecule has 0 unspecified atom stereocenters. The number of pyridine rings is 1. The second-order valence-corrected chi connectivity index (χ2v) is 7.23. The predicted octanol–water partition coefficient (Wildman–Crippen LogP) is 1.99. The predicted molar refractivity (Wildman–Crippen MR) is 107 cm³/mol. The lowest BCUT2D eigenvalue weighted by Gasteiger charge is -2.21. The average Bonchev–Trinajstić information content (AvgIpc) is 3.00. The lowest BCUT2D eigenvalue weighted by molar-refractivity contribution is -0.694. The Hall–Kier alpha value is -2.12. The third kappa shape index (κ3) is 5.94. The van der Waals surface area contributed by atoms with E-state index in [0.29, 0.717) is 5.13 Å². The number of thiazole rings is 1. The van der Waals surface area contributed by atoms with Gasteiger partial charge in [0.05, 0.1) is 17.9 Å². The molecule has 3 aromatic rings. The van der Waals surface area contributed by atoms with Crippen LogP contribution in [0.5, 0.6) is 0 Å². The zero-order valence-electron chi connectivity index (χ0n) is 15.8. The molecule has 0 saturated heterocycles. The van der Waals surface area contributed by atoms with E-state index in [1.807, 2.05) is 32.0 Å². The lowest BCUT2D eigenvalue weighted by Crippen LogP contribution is -3.00. The molecule has 0 spiro atoms. The fourth-order valence-corrected chi connectivity index (χ4v) is 3.35. The molecule has 0 atom stereocenters. The van der Waals surface area contributed by atoms with Crippen LogP contribution in [0.15, 0.2) is 65.1 Å². The van der Waals surface area contributed by atoms with Crippen molar-refractivity contribution in [2.24, 2.45) is 10.2 Å². The standard InChI is InChI=1S/C20H24N5S.BrH/c1-4-25(15-14-24-12-6-5-7-13-24)19-10-8-18(9-11-19)22-23-20-21-16(2)17(3)26-20;/h5-13H,4,14-15H2,1-3H3;1H/q+1;/p-1. The molecular weight excluding hydrogens is 422 g/mol. The SMILES string of the molecule is CCN(CC[n+]1ccccc1)c1ccc(N=Nc2nc(C)c(C)s2)cc1.[Br-]. The largest absolute Gasteiger partial charge is 1.00 e. The molecule has 2 aromatic heterocycles. The number of nitrogens with zero attached hydrogens (tertiary/aromatic N) is 5. The van der Waals surface area contributed by atoms with Gasteiger partial charge in [0.25, 0.3) is 0 Å². The van der Waals surface area contributed by atoms with Crippen LogP contribution < -0.4 is 26.4 Å². The van der Waals surface area contributed by atoms with E-state index in [0.717, 1.165) is 31.0 Å². The number of rotatable bonds is 7. The second-order valence-electron chi connectivity index (χ2n) is 6.05. The van der Waals surface area contributed by atoms with Crippen LogP contribution in [0.1, 0.15) is 17.5 Å². The van der Waals surface area contributed by atoms with Crippen molar-refractivity contribution in [3.63, 3.8) is 0 Å². The highest BCUT2D eigenvalue weighted by molar-refractivity contribution is 7.15. The van der Waals surface area contributed by atoms with E-state index in [2.05, 4.69) is 68.3 Å². The molecule has 27 heavy (non-hydrogen) atoms. The number of halogens is 1. The summed E-state index contributed by atoms with van der Waals surface area (Å²) in [5, 5.41) is 9.25. The molecular formula is C20H24BrN5S. The molecule has 2 heterocycles. The van der Waals surface area contributed by atoms with Gasteiger partial charge in [0, 0.05) is 29.2 Å². The van der Waals surface area contributed by atoms with Crippen LogP contribution in [0.3, 0.4) is 0 Å². The van der Waals surface area contributed by atoms with Crippen molar-refractivity contribution in [1.29, 1.82) is 0 Å². The Morgan fingerprint density at radius 3 is 2.33 bits per heavy atom. The topological polar surface area (TPSA) is 44.7 Å². The third-order valence-corrected chi connectivity index (χ3v) is 5.23. The van der Waals surface area contributed by atoms with Crippen molar-refractivity contribution in [2.45, 2.75) is 27.3 Å². The van der Waals surface area contributed by atoms with Crippen LogP contribution in [0.2, 0.25) is 0 Å². The molecule has 0 saturated carbocycles. The number of hydrogen-bond acceptors (Lipinski definition) is 5. The molecule has 0 N–H and O–H groups in total. The molecule has 7 heteroatoms. The Labute approximate surface area is 175 Å². The molecule has 0 aliphatic heterocycles. The maximum atomic E-state index is 4.39. The Morgan fingerprint density at radius 1 is 1.04 bits per heavy atom. The molecule has 0 aliphatic rings. The van der Waals surface area contributed by atoms with Gasteiger partial charge in [-0.1, -0.05) is 17.4 Å². The first-order chi connectivity index (χ1) is 12.7. The van der Waals surface area contributed by atoms with E-state index in [4.69, 9.17) is 0 Å². The van der Waals surface area contributed by atoms with Gasteiger partial charge >= 0.3 is 0 Å². The Morgan fingerprint density at radius 2 is 1.74 bits per heavy atom. The number of likely N-dealkylation sites (N-methyl/N-ethyl adjacent to an activating group) is 1. The van der Waals surface area contributed by atoms with Crippen LogP contribution in [0, 0.1) is 13.8 Å². The number of aryl methyl sites for hydroxylation is 2. The summed E-state index contributed by atoms with van der Waals surface area (Å²) in [4.78, 5) is 7.93. The van der Waals surface area contributed by atoms with Crippen LogP contribution in [-0.2, 0) is 6.54 Å². The summed E-state index contributed by atoms with van der Waals surface area (Å²) in [6, 6.07) is 14.4. The zero-order valence-corrected chi connectivity index (χ0v) is 18.2. The lowest BCUT2D eigenvalue weighted by atomic mass is 10.2. The van der Waals surface area contributed by atoms with E-state index < -0.39 is 0 Å². The second kappa shape index (κ2) is 10.3. The van der Waals surface area contributed by atoms with Crippen LogP contribution >= 0.6 is 11.3 Å². The molecule has 142 valence electrons. The van der Waals surface area contributed by atoms with Gasteiger partial charge in [0.15, 0.2) is 18.9 Å². The minimum absolute atomic E-state index is 0. The highest BCUT2D eigenvalue weighted by Gasteiger charge is 2.07. The monoisotopic (exact) mass is 445 g/mol. The summed E-state index contributed by atoms with van der Waals surface area (Å²) in [5.41, 5.74) is 3.06. The van der Waals surface area contributed by atoms with E-state index in [1.165, 1.54) is 10.6 Å². The van der Waals surface area contributed by atoms with Crippen molar-refractivity contribution in [3.8, 4) is 0 Å². The highest BCUT2D eigenvalue weighted by atomic mass is 79.9. The maximum Gasteiger partial charge on any atom is 0.230 e. The summed E-state index contributed by atoms with van der Waals surface area (Å²) < 4.78 is 2.20. The summed E-state index contributed by atoms with van der Waals surface area (Å²) in [6.45, 7) is 9.10. The minimum Gasteiger partial charge on any atom is -1.00 e. The minimum atomic E-state index is 0. The molecule has 0 bridgehead atoms. The normalized spacial score (nSPS) is 10.8. The van der Waals surface area contributed by atoms with E-state index in [1.54, 1.807) is 11.3 Å². The summed E-state index contributed by atoms with van der Waals surface area (Å²) in [5.74, 6) is 0. The third-order valence-electron chi connectivity index (χ3n) is 4.27. The Balaban J connectivity index is 0.00000261. The first-order valence-electron chi connectivity index (χ1n) is 8.80. The quantitative estimate of drug-likeness (QED) is 0.412. The van der Waals surface area contributed by atoms with Gasteiger partial charge in [0.2, 0.25) is 5.13 Å². The smallest absolute Gasteiger partial charge is 0.230 e. The van der Waals surface area contributed by atoms with E-state index in [-0.39, 0.29) is 17.0 Å². The van der Waals surface area contributed by atoms with Crippen molar-refractivity contribution in [2.75, 3.05) is 18.0 Å². The number of aromatic nitrogens is 2. The van der Waals surface area contributed by atoms with Gasteiger partial charge < -0.3 is 21.9 Å². The van der Waals surface area contributed by atoms with Gasteiger partial charge in [-0.05, 0) is 45.0 Å². The van der Waals surface area contributed by atoms with Gasteiger partial charge in [0.1, 0.15) is 0 Å². The molecule has 0 amide bonds. The summed E-state index contributed by atoms with van der Waals surface area (Å²) in [7, 11) is 0. The van der Waals surface area contributed by atoms with Gasteiger partial charge in [-0.2, -0.15) is 0 Å². The number of anilines is 1. The van der Waals surface area contributed by atoms with Gasteiger partial charge in [-0.25, -0.2) is 9.55 Å². The Kier molecular flexibility index (Phi) is 8.06. The van der Waals surface area contributed by atoms with Crippen LogP contribution in [0.4, 0.5) is 16.5 Å². The summed E-state index contributed by atoms with van der Waals surface area (Å²) in [6.07, 6.45) is 4.19. The van der Waals surface area contributed by atoms with E-state index in [9.17, 15) is 0 Å². The maximum absolute atomic E-state index is 4.39. The zero-order chi connectivity index (χ0) is 18.4. The number of hydrogen-bond donors (Lipinski definition) is 0. The van der Waals surface area contributed by atoms with E-state index >= 15 is 0 Å². The number of azo groups is 1. The highest BCUT2D eigenvalue weighted by Crippen LogP contribution is 2.26. The van der Waals surface area contributed by atoms with Crippen LogP contribution in [-0.4, -0.2) is 18.1 Å². The van der Waals surface area contributed by atoms with Crippen molar-refractivity contribution in [1.82, 2.24) is 4.98 Å². The average molecular weight is 446 g/mol. The first-order valence-corrected chi connectivity index (χ1v) is 9.62. The molecule has 5 nitrogen and oxygen atoms in total. The fraction of sp³-hybridized carbons (Fsp3) is 0.300. The molecule has 3 rings (SSSR count). The first kappa shape index (κ1) is 21.2. The Bertz CT molecular complexity index is 842. The molecule has 0 aliphatic carbocycles. The van der Waals surface area contributed by atoms with Crippen LogP contribution in [0.25, 0.3) is 0 Å². The molecule has 1 aromatic carbocycles. The van der Waals surface area contributed by atoms with Gasteiger partial charge in [-0.3, -0.25) is 0 Å². The van der Waals surface area contributed by atoms with Crippen molar-refractivity contribution < 1.29 is 21.5 Å². The molecule has 0 radical (unpaired) electrons. The summed E-state index contributed by atoms with van der Waals surface area (Å²) >= 11 is 1.57.